The highest BCUT2D eigenvalue weighted by atomic mass is 17.2. The molecule has 0 aliphatic heterocycles. The van der Waals surface area contributed by atoms with Crippen LogP contribution in [-0.2, 0) is 9.78 Å². The molecule has 1 aromatic heterocycles. The molecule has 14 heavy (non-hydrogen) atoms. The van der Waals surface area contributed by atoms with Crippen molar-refractivity contribution in [3.8, 4) is 0 Å². The average Bonchev–Trinajstić information content (AvgIpc) is 2.19. The first-order valence-corrected chi connectivity index (χ1v) is 3.71. The van der Waals surface area contributed by atoms with Crippen LogP contribution < -0.4 is 0 Å². The van der Waals surface area contributed by atoms with Crippen LogP contribution in [0.25, 0.3) is 6.08 Å². The van der Waals surface area contributed by atoms with Gasteiger partial charge in [-0.15, -0.1) is 0 Å². The molecule has 0 N–H and O–H groups in total. The first-order chi connectivity index (χ1) is 6.75. The Morgan fingerprint density at radius 3 is 3.07 bits per heavy atom. The van der Waals surface area contributed by atoms with E-state index in [1.54, 1.807) is 0 Å². The number of aromatic nitrogens is 1. The topological polar surface area (TPSA) is 74.5 Å². The molecule has 0 radical (unpaired) electrons. The minimum absolute atomic E-state index is 0.0801. The molecule has 74 valence electrons. The van der Waals surface area contributed by atoms with Crippen molar-refractivity contribution in [3.05, 3.63) is 40.4 Å². The Balaban J connectivity index is 2.90. The second kappa shape index (κ2) is 4.93. The quantitative estimate of drug-likeness (QED) is 0.316. The van der Waals surface area contributed by atoms with E-state index < -0.39 is 4.92 Å². The average molecular weight is 196 g/mol. The van der Waals surface area contributed by atoms with Crippen molar-refractivity contribution in [3.63, 3.8) is 0 Å². The zero-order valence-corrected chi connectivity index (χ0v) is 7.41. The number of nitrogens with zero attached hydrogens (tertiary/aromatic N) is 2. The molecule has 1 rings (SSSR count). The molecule has 6 heteroatoms. The first kappa shape index (κ1) is 10.1. The van der Waals surface area contributed by atoms with E-state index in [1.807, 2.05) is 0 Å². The van der Waals surface area contributed by atoms with Gasteiger partial charge in [-0.25, -0.2) is 4.98 Å². The van der Waals surface area contributed by atoms with Crippen LogP contribution in [0.5, 0.6) is 0 Å². The van der Waals surface area contributed by atoms with E-state index in [9.17, 15) is 10.1 Å². The highest BCUT2D eigenvalue weighted by Gasteiger charge is 2.10. The Labute approximate surface area is 79.9 Å². The molecule has 0 unspecified atom stereocenters. The molecule has 0 atom stereocenters. The maximum absolute atomic E-state index is 10.5. The van der Waals surface area contributed by atoms with Gasteiger partial charge in [0.15, 0.2) is 0 Å². The monoisotopic (exact) mass is 196 g/mol. The second-order valence-corrected chi connectivity index (χ2v) is 2.23. The van der Waals surface area contributed by atoms with Gasteiger partial charge in [0, 0.05) is 18.3 Å². The highest BCUT2D eigenvalue weighted by Crippen LogP contribution is 2.15. The molecule has 0 spiro atoms. The fraction of sp³-hybridized carbons (Fsp3) is 0.125. The van der Waals surface area contributed by atoms with Crippen LogP contribution in [0, 0.1) is 10.1 Å². The molecule has 1 aromatic rings. The summed E-state index contributed by atoms with van der Waals surface area (Å²) in [7, 11) is 1.33. The standard InChI is InChI=1S/C8H8N2O4/c1-13-14-6-4-7-8(10(11)12)3-2-5-9-7/h2-6H,1H3. The number of rotatable bonds is 4. The second-order valence-electron chi connectivity index (χ2n) is 2.23. The van der Waals surface area contributed by atoms with Gasteiger partial charge in [0.25, 0.3) is 5.69 Å². The molecule has 0 aliphatic rings. The van der Waals surface area contributed by atoms with E-state index >= 15 is 0 Å². The zero-order valence-electron chi connectivity index (χ0n) is 7.41. The molecule has 0 saturated heterocycles. The van der Waals surface area contributed by atoms with Crippen molar-refractivity contribution in [2.75, 3.05) is 7.11 Å². The van der Waals surface area contributed by atoms with Gasteiger partial charge in [0.1, 0.15) is 12.0 Å². The van der Waals surface area contributed by atoms with E-state index in [0.717, 1.165) is 0 Å². The van der Waals surface area contributed by atoms with Gasteiger partial charge in [0.05, 0.1) is 12.0 Å². The number of hydrogen-bond donors (Lipinski definition) is 0. The third kappa shape index (κ3) is 2.53. The van der Waals surface area contributed by atoms with Crippen molar-refractivity contribution in [2.24, 2.45) is 0 Å². The molecule has 1 heterocycles. The van der Waals surface area contributed by atoms with Crippen LogP contribution in [0.3, 0.4) is 0 Å². The third-order valence-corrected chi connectivity index (χ3v) is 1.39. The summed E-state index contributed by atoms with van der Waals surface area (Å²) in [4.78, 5) is 22.5. The summed E-state index contributed by atoms with van der Waals surface area (Å²) in [5, 5.41) is 10.5. The smallest absolute Gasteiger partial charge is 0.294 e. The summed E-state index contributed by atoms with van der Waals surface area (Å²) in [6, 6.07) is 2.85. The summed E-state index contributed by atoms with van der Waals surface area (Å²) in [6.07, 6.45) is 3.98. The van der Waals surface area contributed by atoms with Crippen molar-refractivity contribution < 1.29 is 14.7 Å². The predicted octanol–water partition coefficient (Wildman–Crippen LogP) is 1.54. The summed E-state index contributed by atoms with van der Waals surface area (Å²) in [5.41, 5.74) is 0.137. The summed E-state index contributed by atoms with van der Waals surface area (Å²) >= 11 is 0. The Morgan fingerprint density at radius 2 is 2.43 bits per heavy atom. The maximum Gasteiger partial charge on any atom is 0.294 e. The van der Waals surface area contributed by atoms with Crippen LogP contribution in [0.15, 0.2) is 24.6 Å². The number of hydrogen-bond acceptors (Lipinski definition) is 5. The fourth-order valence-corrected chi connectivity index (χ4v) is 0.840. The van der Waals surface area contributed by atoms with Gasteiger partial charge in [-0.3, -0.25) is 10.1 Å². The summed E-state index contributed by atoms with van der Waals surface area (Å²) in [6.45, 7) is 0. The van der Waals surface area contributed by atoms with Crippen molar-refractivity contribution in [2.45, 2.75) is 0 Å². The molecular formula is C8H8N2O4. The molecule has 0 fully saturated rings. The van der Waals surface area contributed by atoms with Crippen LogP contribution in [-0.4, -0.2) is 17.0 Å². The maximum atomic E-state index is 10.5. The highest BCUT2D eigenvalue weighted by molar-refractivity contribution is 5.55. The Hall–Kier alpha value is -1.95. The van der Waals surface area contributed by atoms with Gasteiger partial charge in [0.2, 0.25) is 0 Å². The zero-order chi connectivity index (χ0) is 10.4. The molecular weight excluding hydrogens is 188 g/mol. The number of pyridine rings is 1. The third-order valence-electron chi connectivity index (χ3n) is 1.39. The van der Waals surface area contributed by atoms with Gasteiger partial charge >= 0.3 is 0 Å². The lowest BCUT2D eigenvalue weighted by Gasteiger charge is -1.95. The van der Waals surface area contributed by atoms with Crippen LogP contribution in [0.1, 0.15) is 5.69 Å². The minimum atomic E-state index is -0.514. The van der Waals surface area contributed by atoms with Crippen molar-refractivity contribution in [1.82, 2.24) is 4.98 Å². The van der Waals surface area contributed by atoms with E-state index in [2.05, 4.69) is 14.8 Å². The molecule has 0 saturated carbocycles. The molecule has 0 aromatic carbocycles. The van der Waals surface area contributed by atoms with E-state index in [1.165, 1.54) is 37.8 Å². The Kier molecular flexibility index (Phi) is 3.57. The summed E-state index contributed by atoms with van der Waals surface area (Å²) < 4.78 is 0. The molecule has 6 nitrogen and oxygen atoms in total. The first-order valence-electron chi connectivity index (χ1n) is 3.71. The molecule has 0 aliphatic carbocycles. The summed E-state index contributed by atoms with van der Waals surface area (Å²) in [5.74, 6) is 0. The van der Waals surface area contributed by atoms with Crippen LogP contribution in [0.4, 0.5) is 5.69 Å². The van der Waals surface area contributed by atoms with Gasteiger partial charge < -0.3 is 4.89 Å². The van der Waals surface area contributed by atoms with Gasteiger partial charge in [-0.05, 0) is 6.07 Å². The Bertz CT molecular complexity index is 351. The van der Waals surface area contributed by atoms with Crippen molar-refractivity contribution in [1.29, 1.82) is 0 Å². The van der Waals surface area contributed by atoms with Crippen LogP contribution in [0.2, 0.25) is 0 Å². The molecule has 0 amide bonds. The normalized spacial score (nSPS) is 10.4. The van der Waals surface area contributed by atoms with Gasteiger partial charge in [-0.2, -0.15) is 4.89 Å². The lowest BCUT2D eigenvalue weighted by atomic mass is 10.3. The lowest BCUT2D eigenvalue weighted by molar-refractivity contribution is -0.385. The lowest BCUT2D eigenvalue weighted by Crippen LogP contribution is -1.93. The van der Waals surface area contributed by atoms with Crippen molar-refractivity contribution >= 4 is 11.8 Å². The van der Waals surface area contributed by atoms with Gasteiger partial charge in [-0.1, -0.05) is 0 Å². The predicted molar refractivity (Wildman–Crippen MR) is 48.0 cm³/mol. The SMILES string of the molecule is COOC=Cc1ncccc1[N+](=O)[O-]. The van der Waals surface area contributed by atoms with E-state index in [4.69, 9.17) is 0 Å². The molecule has 0 bridgehead atoms. The fourth-order valence-electron chi connectivity index (χ4n) is 0.840. The number of nitro groups is 1. The van der Waals surface area contributed by atoms with E-state index in [-0.39, 0.29) is 11.4 Å². The van der Waals surface area contributed by atoms with E-state index in [0.29, 0.717) is 0 Å². The largest absolute Gasteiger partial charge is 0.346 e. The van der Waals surface area contributed by atoms with Crippen LogP contribution >= 0.6 is 0 Å². The minimum Gasteiger partial charge on any atom is -0.346 e. The Morgan fingerprint density at radius 1 is 1.64 bits per heavy atom.